The molecule has 1 aliphatic carbocycles. The number of piperidine rings is 1. The molecule has 2 saturated heterocycles. The zero-order valence-electron chi connectivity index (χ0n) is 21.4. The van der Waals surface area contributed by atoms with Crippen molar-refractivity contribution in [3.63, 3.8) is 0 Å². The zero-order chi connectivity index (χ0) is 29.8. The van der Waals surface area contributed by atoms with Crippen molar-refractivity contribution in [2.75, 3.05) is 25.4 Å². The predicted octanol–water partition coefficient (Wildman–Crippen LogP) is 0.850. The number of sulfone groups is 1. The number of carbonyl (C=O) groups is 2. The lowest BCUT2D eigenvalue weighted by Gasteiger charge is -2.39. The Hall–Kier alpha value is -2.53. The summed E-state index contributed by atoms with van der Waals surface area (Å²) in [5.41, 5.74) is 6.27. The van der Waals surface area contributed by atoms with Crippen LogP contribution in [-0.2, 0) is 35.9 Å². The van der Waals surface area contributed by atoms with E-state index in [9.17, 15) is 39.6 Å². The highest BCUT2D eigenvalue weighted by molar-refractivity contribution is 7.92. The number of carboxylic acids is 2. The Kier molecular flexibility index (Phi) is 10.4. The van der Waals surface area contributed by atoms with E-state index in [2.05, 4.69) is 4.72 Å². The molecule has 2 aliphatic heterocycles. The van der Waals surface area contributed by atoms with E-state index in [1.165, 1.54) is 0 Å². The molecule has 11 nitrogen and oxygen atoms in total. The summed E-state index contributed by atoms with van der Waals surface area (Å²) in [6.45, 7) is 0.850. The first-order chi connectivity index (χ1) is 18.6. The molecule has 0 spiro atoms. The number of fused-ring (bicyclic) bond motifs is 2. The molecule has 0 amide bonds. The number of rotatable bonds is 11. The van der Waals surface area contributed by atoms with Crippen LogP contribution >= 0.6 is 0 Å². The number of carboxylic acid groups (broad SMARTS) is 2. The van der Waals surface area contributed by atoms with Gasteiger partial charge in [-0.25, -0.2) is 44.3 Å². The smallest absolute Gasteiger partial charge is 0.328 e. The Morgan fingerprint density at radius 2 is 1.62 bits per heavy atom. The molecule has 5 atom stereocenters. The van der Waals surface area contributed by atoms with Gasteiger partial charge in [-0.1, -0.05) is 0 Å². The monoisotopic (exact) mass is 611 g/mol. The van der Waals surface area contributed by atoms with Gasteiger partial charge in [0.1, 0.15) is 11.2 Å². The Balaban J connectivity index is 0.000000482. The van der Waals surface area contributed by atoms with E-state index < -0.39 is 65.9 Å². The van der Waals surface area contributed by atoms with Gasteiger partial charge in [-0.3, -0.25) is 4.90 Å². The Labute approximate surface area is 230 Å². The van der Waals surface area contributed by atoms with E-state index in [4.69, 9.17) is 15.9 Å². The third-order valence-corrected chi connectivity index (χ3v) is 11.3. The van der Waals surface area contributed by atoms with Crippen LogP contribution < -0.4 is 10.5 Å². The van der Waals surface area contributed by atoms with Crippen LogP contribution in [0.3, 0.4) is 0 Å². The van der Waals surface area contributed by atoms with Crippen molar-refractivity contribution in [2.24, 2.45) is 17.6 Å². The summed E-state index contributed by atoms with van der Waals surface area (Å²) in [5, 5.41) is 14.5. The first-order valence-electron chi connectivity index (χ1n) is 12.6. The van der Waals surface area contributed by atoms with Crippen molar-refractivity contribution in [2.45, 2.75) is 48.8 Å². The van der Waals surface area contributed by atoms with Crippen LogP contribution in [0.5, 0.6) is 0 Å². The lowest BCUT2D eigenvalue weighted by atomic mass is 9.84. The Morgan fingerprint density at radius 1 is 1.02 bits per heavy atom. The van der Waals surface area contributed by atoms with Crippen molar-refractivity contribution >= 4 is 31.8 Å². The van der Waals surface area contributed by atoms with Crippen molar-refractivity contribution in [1.82, 2.24) is 9.62 Å². The molecule has 40 heavy (non-hydrogen) atoms. The van der Waals surface area contributed by atoms with Crippen molar-refractivity contribution in [3.05, 3.63) is 47.3 Å². The molecule has 4 rings (SSSR count). The third-order valence-electron chi connectivity index (χ3n) is 7.16. The van der Waals surface area contributed by atoms with Crippen LogP contribution in [0.25, 0.3) is 0 Å². The number of nitrogens with zero attached hydrogens (tertiary/aromatic N) is 1. The highest BCUT2D eigenvalue weighted by Gasteiger charge is 2.48. The fourth-order valence-corrected chi connectivity index (χ4v) is 8.77. The largest absolute Gasteiger partial charge is 0.478 e. The topological polar surface area (TPSA) is 184 Å². The number of aliphatic carboxylic acids is 2. The molecule has 1 saturated carbocycles. The highest BCUT2D eigenvalue weighted by Crippen LogP contribution is 2.40. The number of hydrogen-bond donors (Lipinski definition) is 4. The SMILES string of the molecule is N[C@H](Cc1cc(F)c(F)cc1F)C1CC2CCN(C1)C2S(=O)(=O)CCNS(=O)(=O)C1CC1.O=C(O)/C=C\C(=O)O. The fourth-order valence-electron chi connectivity index (χ4n) is 5.15. The molecule has 5 N–H and O–H groups in total. The molecule has 2 heterocycles. The van der Waals surface area contributed by atoms with Crippen LogP contribution in [0.1, 0.15) is 31.2 Å². The molecule has 224 valence electrons. The molecule has 16 heteroatoms. The van der Waals surface area contributed by atoms with Gasteiger partial charge in [-0.05, 0) is 62.1 Å². The molecule has 3 fully saturated rings. The van der Waals surface area contributed by atoms with Gasteiger partial charge >= 0.3 is 11.9 Å². The van der Waals surface area contributed by atoms with Crippen LogP contribution in [-0.4, -0.2) is 85.9 Å². The normalized spacial score (nSPS) is 25.3. The van der Waals surface area contributed by atoms with E-state index in [0.717, 1.165) is 6.07 Å². The number of nitrogens with two attached hydrogens (primary N) is 1. The standard InChI is InChI=1S/C20H28F3N3O4S2.C4H4O4/c21-16-10-18(23)17(22)8-13(16)9-19(24)14-7-12-3-5-26(11-14)20(12)31(27,28)6-4-25-32(29,30)15-1-2-15;5-3(6)1-2-4(7)8/h8,10,12,14-15,19-20,25H,1-7,9,11,24H2;1-2H,(H,5,6)(H,7,8)/b;2-1-/t12?,14?,19-,20?;/m1./s1. The highest BCUT2D eigenvalue weighted by atomic mass is 32.2. The van der Waals surface area contributed by atoms with Gasteiger partial charge in [0.25, 0.3) is 0 Å². The molecular formula is C24H32F3N3O8S2. The van der Waals surface area contributed by atoms with Crippen molar-refractivity contribution in [1.29, 1.82) is 0 Å². The summed E-state index contributed by atoms with van der Waals surface area (Å²) >= 11 is 0. The quantitative estimate of drug-likeness (QED) is 0.207. The Bertz CT molecular complexity index is 1320. The van der Waals surface area contributed by atoms with Gasteiger partial charge in [0.2, 0.25) is 10.0 Å². The van der Waals surface area contributed by atoms with Crippen LogP contribution in [0.4, 0.5) is 13.2 Å². The summed E-state index contributed by atoms with van der Waals surface area (Å²) in [6, 6.07) is 0.787. The molecule has 0 aromatic heterocycles. The summed E-state index contributed by atoms with van der Waals surface area (Å²) in [6.07, 6.45) is 3.56. The fraction of sp³-hybridized carbons (Fsp3) is 0.583. The van der Waals surface area contributed by atoms with Gasteiger partial charge in [0.15, 0.2) is 21.5 Å². The van der Waals surface area contributed by atoms with Crippen molar-refractivity contribution < 1.29 is 49.8 Å². The maximum absolute atomic E-state index is 14.0. The van der Waals surface area contributed by atoms with Gasteiger partial charge in [0, 0.05) is 37.3 Å². The second-order valence-electron chi connectivity index (χ2n) is 10.2. The minimum absolute atomic E-state index is 0.00330. The van der Waals surface area contributed by atoms with Crippen molar-refractivity contribution in [3.8, 4) is 0 Å². The lowest BCUT2D eigenvalue weighted by molar-refractivity contribution is -0.134. The number of nitrogens with one attached hydrogen (secondary N) is 1. The van der Waals surface area contributed by atoms with Gasteiger partial charge in [-0.15, -0.1) is 0 Å². The van der Waals surface area contributed by atoms with Crippen LogP contribution in [0, 0.1) is 29.3 Å². The average Bonchev–Trinajstić information content (AvgIpc) is 3.67. The van der Waals surface area contributed by atoms with Gasteiger partial charge in [-0.2, -0.15) is 0 Å². The lowest BCUT2D eigenvalue weighted by Crippen LogP contribution is -2.52. The van der Waals surface area contributed by atoms with E-state index in [0.29, 0.717) is 57.0 Å². The molecule has 0 radical (unpaired) electrons. The summed E-state index contributed by atoms with van der Waals surface area (Å²) in [5.74, 6) is -6.30. The second kappa shape index (κ2) is 13.0. The van der Waals surface area contributed by atoms with E-state index in [1.54, 1.807) is 0 Å². The van der Waals surface area contributed by atoms with Gasteiger partial charge < -0.3 is 15.9 Å². The second-order valence-corrected chi connectivity index (χ2v) is 14.4. The third kappa shape index (κ3) is 8.49. The molecule has 3 aliphatic rings. The summed E-state index contributed by atoms with van der Waals surface area (Å²) in [4.78, 5) is 21.0. The number of sulfonamides is 1. The molecule has 1 aromatic carbocycles. The first kappa shape index (κ1) is 32.0. The molecular weight excluding hydrogens is 579 g/mol. The minimum atomic E-state index is -3.57. The zero-order valence-corrected chi connectivity index (χ0v) is 23.0. The predicted molar refractivity (Wildman–Crippen MR) is 138 cm³/mol. The average molecular weight is 612 g/mol. The number of halogens is 3. The Morgan fingerprint density at radius 3 is 2.17 bits per heavy atom. The molecule has 4 unspecified atom stereocenters. The van der Waals surface area contributed by atoms with E-state index in [-0.39, 0.29) is 36.1 Å². The first-order valence-corrected chi connectivity index (χ1v) is 15.8. The summed E-state index contributed by atoms with van der Waals surface area (Å²) in [7, 11) is -7.00. The van der Waals surface area contributed by atoms with Crippen LogP contribution in [0.2, 0.25) is 0 Å². The molecule has 1 aromatic rings. The van der Waals surface area contributed by atoms with Crippen LogP contribution in [0.15, 0.2) is 24.3 Å². The maximum atomic E-state index is 14.0. The summed E-state index contributed by atoms with van der Waals surface area (Å²) < 4.78 is 92.8. The van der Waals surface area contributed by atoms with Gasteiger partial charge in [0.05, 0.1) is 11.0 Å². The number of benzene rings is 1. The van der Waals surface area contributed by atoms with E-state index >= 15 is 0 Å². The maximum Gasteiger partial charge on any atom is 0.328 e. The van der Waals surface area contributed by atoms with E-state index in [1.807, 2.05) is 4.90 Å². The minimum Gasteiger partial charge on any atom is -0.478 e. The molecule has 2 bridgehead atoms. The number of hydrogen-bond acceptors (Lipinski definition) is 8.